The van der Waals surface area contributed by atoms with E-state index in [4.69, 9.17) is 32.7 Å². The lowest BCUT2D eigenvalue weighted by Crippen LogP contribution is -2.60. The third-order valence-electron chi connectivity index (χ3n) is 8.07. The molecule has 2 aliphatic heterocycles. The Morgan fingerprint density at radius 2 is 1.67 bits per heavy atom. The van der Waals surface area contributed by atoms with Gasteiger partial charge < -0.3 is 14.6 Å². The van der Waals surface area contributed by atoms with Crippen molar-refractivity contribution in [3.8, 4) is 17.2 Å². The smallest absolute Gasteiger partial charge is 0.254 e. The van der Waals surface area contributed by atoms with Gasteiger partial charge in [-0.2, -0.15) is 0 Å². The number of aromatic hydroxyl groups is 1. The molecule has 1 N–H and O–H groups in total. The number of benzene rings is 1. The van der Waals surface area contributed by atoms with Crippen molar-refractivity contribution in [2.24, 2.45) is 17.8 Å². The summed E-state index contributed by atoms with van der Waals surface area (Å²) in [4.78, 5) is 51.5. The number of phenols is 1. The summed E-state index contributed by atoms with van der Waals surface area (Å²) < 4.78 is 10.7. The molecule has 0 spiro atoms. The highest BCUT2D eigenvalue weighted by molar-refractivity contribution is 9.09. The van der Waals surface area contributed by atoms with Gasteiger partial charge in [-0.1, -0.05) is 27.6 Å². The number of rotatable bonds is 4. The van der Waals surface area contributed by atoms with E-state index in [-0.39, 0.29) is 47.4 Å². The molecule has 2 saturated heterocycles. The van der Waals surface area contributed by atoms with Gasteiger partial charge in [-0.15, -0.1) is 23.2 Å². The minimum absolute atomic E-state index is 0.0715. The first-order valence-corrected chi connectivity index (χ1v) is 13.1. The standard InChI is InChI=1S/C24H23BrCl2N2O7/c1-28-19(31)12-5-4-11-13(16(12)20(28)32)8-23(26)21(33)29(9-25)22(34)24(23,27)17(11)10-6-14(35-2)18(30)15(7-10)36-3/h4,6-7,12-13,16-17,30H,5,8-9H2,1-3H3/t12-,13+,16-,17-,23+,24-/m0/s1. The molecule has 1 aromatic carbocycles. The number of hydrogen-bond acceptors (Lipinski definition) is 7. The average molecular weight is 602 g/mol. The molecule has 4 aliphatic rings. The largest absolute Gasteiger partial charge is 0.502 e. The van der Waals surface area contributed by atoms with Crippen molar-refractivity contribution in [1.82, 2.24) is 9.80 Å². The Balaban J connectivity index is 1.79. The van der Waals surface area contributed by atoms with Crippen LogP contribution < -0.4 is 9.47 Å². The van der Waals surface area contributed by atoms with Gasteiger partial charge in [-0.05, 0) is 36.5 Å². The first kappa shape index (κ1) is 25.4. The van der Waals surface area contributed by atoms with Crippen molar-refractivity contribution in [2.75, 3.05) is 26.7 Å². The van der Waals surface area contributed by atoms with Crippen molar-refractivity contribution in [2.45, 2.75) is 28.5 Å². The highest BCUT2D eigenvalue weighted by Gasteiger charge is 2.76. The fourth-order valence-corrected chi connectivity index (χ4v) is 7.79. The fourth-order valence-electron chi connectivity index (χ4n) is 6.36. The van der Waals surface area contributed by atoms with Gasteiger partial charge in [0, 0.05) is 13.0 Å². The predicted octanol–water partition coefficient (Wildman–Crippen LogP) is 2.75. The maximum atomic E-state index is 13.7. The number of amides is 4. The lowest BCUT2D eigenvalue weighted by atomic mass is 9.56. The number of hydrogen-bond donors (Lipinski definition) is 1. The van der Waals surface area contributed by atoms with Crippen LogP contribution in [-0.2, 0) is 19.2 Å². The predicted molar refractivity (Wildman–Crippen MR) is 132 cm³/mol. The molecule has 0 radical (unpaired) electrons. The molecule has 192 valence electrons. The first-order chi connectivity index (χ1) is 17.0. The van der Waals surface area contributed by atoms with Gasteiger partial charge in [0.15, 0.2) is 21.2 Å². The van der Waals surface area contributed by atoms with Crippen LogP contribution >= 0.6 is 39.1 Å². The molecule has 12 heteroatoms. The second-order valence-corrected chi connectivity index (χ2v) is 11.2. The number of nitrogens with zero attached hydrogens (tertiary/aromatic N) is 2. The number of methoxy groups -OCH3 is 2. The lowest BCUT2D eigenvalue weighted by molar-refractivity contribution is -0.140. The van der Waals surface area contributed by atoms with Crippen LogP contribution in [0.1, 0.15) is 24.3 Å². The Kier molecular flexibility index (Phi) is 5.89. The summed E-state index contributed by atoms with van der Waals surface area (Å²) in [5.74, 6) is -4.99. The van der Waals surface area contributed by atoms with E-state index in [0.717, 1.165) is 9.80 Å². The van der Waals surface area contributed by atoms with Gasteiger partial charge in [0.25, 0.3) is 11.8 Å². The highest BCUT2D eigenvalue weighted by Crippen LogP contribution is 2.66. The van der Waals surface area contributed by atoms with Gasteiger partial charge in [0.2, 0.25) is 17.6 Å². The minimum atomic E-state index is -1.95. The number of allylic oxidation sites excluding steroid dienone is 2. The molecule has 3 fully saturated rings. The van der Waals surface area contributed by atoms with Gasteiger partial charge >= 0.3 is 0 Å². The van der Waals surface area contributed by atoms with Gasteiger partial charge in [0.05, 0.1) is 31.5 Å². The first-order valence-electron chi connectivity index (χ1n) is 11.2. The quantitative estimate of drug-likeness (QED) is 0.244. The summed E-state index contributed by atoms with van der Waals surface area (Å²) in [6, 6.07) is 3.03. The van der Waals surface area contributed by atoms with E-state index in [2.05, 4.69) is 15.9 Å². The number of alkyl halides is 3. The summed E-state index contributed by atoms with van der Waals surface area (Å²) in [7, 11) is 4.17. The molecule has 2 heterocycles. The molecule has 1 saturated carbocycles. The molecule has 0 aromatic heterocycles. The average Bonchev–Trinajstić information content (AvgIpc) is 3.17. The molecule has 5 rings (SSSR count). The summed E-state index contributed by atoms with van der Waals surface area (Å²) in [5.41, 5.74) is 0.948. The monoisotopic (exact) mass is 600 g/mol. The van der Waals surface area contributed by atoms with Crippen LogP contribution in [0.3, 0.4) is 0 Å². The van der Waals surface area contributed by atoms with E-state index < -0.39 is 45.2 Å². The van der Waals surface area contributed by atoms with E-state index in [9.17, 15) is 24.3 Å². The third kappa shape index (κ3) is 2.95. The van der Waals surface area contributed by atoms with E-state index >= 15 is 0 Å². The zero-order valence-electron chi connectivity index (χ0n) is 19.6. The zero-order chi connectivity index (χ0) is 26.3. The number of carbonyl (C=O) groups excluding carboxylic acids is 4. The van der Waals surface area contributed by atoms with Crippen molar-refractivity contribution >= 4 is 62.8 Å². The Labute approximate surface area is 225 Å². The molecule has 36 heavy (non-hydrogen) atoms. The minimum Gasteiger partial charge on any atom is -0.502 e. The van der Waals surface area contributed by atoms with E-state index in [1.807, 2.05) is 6.08 Å². The summed E-state index contributed by atoms with van der Waals surface area (Å²) in [6.45, 7) is 0. The maximum Gasteiger partial charge on any atom is 0.254 e. The normalized spacial score (nSPS) is 35.4. The number of phenolic OH excluding ortho intramolecular Hbond substituents is 1. The molecular formula is C24H23BrCl2N2O7. The van der Waals surface area contributed by atoms with E-state index in [1.54, 1.807) is 0 Å². The van der Waals surface area contributed by atoms with Gasteiger partial charge in [0.1, 0.15) is 0 Å². The van der Waals surface area contributed by atoms with Crippen LogP contribution in [0.5, 0.6) is 17.2 Å². The fraction of sp³-hybridized carbons (Fsp3) is 0.500. The van der Waals surface area contributed by atoms with Crippen molar-refractivity contribution < 1.29 is 33.8 Å². The summed E-state index contributed by atoms with van der Waals surface area (Å²) in [5, 5.41) is 10.5. The second-order valence-electron chi connectivity index (χ2n) is 9.50. The number of halogens is 3. The molecule has 2 aliphatic carbocycles. The summed E-state index contributed by atoms with van der Waals surface area (Å²) >= 11 is 17.5. The van der Waals surface area contributed by atoms with Gasteiger partial charge in [-0.25, -0.2) is 0 Å². The van der Waals surface area contributed by atoms with Crippen LogP contribution in [0.15, 0.2) is 23.8 Å². The van der Waals surface area contributed by atoms with Crippen LogP contribution in [0.25, 0.3) is 0 Å². The van der Waals surface area contributed by atoms with Crippen LogP contribution in [-0.4, -0.2) is 75.0 Å². The number of ether oxygens (including phenoxy) is 2. The molecule has 6 atom stereocenters. The Hall–Kier alpha value is -2.30. The lowest BCUT2D eigenvalue weighted by Gasteiger charge is -2.50. The number of likely N-dealkylation sites (tertiary alicyclic amines) is 2. The number of carbonyl (C=O) groups is 4. The van der Waals surface area contributed by atoms with Crippen molar-refractivity contribution in [3.05, 3.63) is 29.3 Å². The number of imide groups is 2. The van der Waals surface area contributed by atoms with Gasteiger partial charge in [-0.3, -0.25) is 29.0 Å². The molecule has 0 unspecified atom stereocenters. The number of fused-ring (bicyclic) bond motifs is 4. The molecule has 0 bridgehead atoms. The zero-order valence-corrected chi connectivity index (χ0v) is 22.7. The Bertz CT molecular complexity index is 1230. The maximum absolute atomic E-state index is 13.7. The third-order valence-corrected chi connectivity index (χ3v) is 9.99. The van der Waals surface area contributed by atoms with Crippen molar-refractivity contribution in [1.29, 1.82) is 0 Å². The van der Waals surface area contributed by atoms with E-state index in [0.29, 0.717) is 11.1 Å². The molecule has 4 amide bonds. The molecule has 9 nitrogen and oxygen atoms in total. The van der Waals surface area contributed by atoms with Crippen molar-refractivity contribution in [3.63, 3.8) is 0 Å². The van der Waals surface area contributed by atoms with Crippen LogP contribution in [0.4, 0.5) is 0 Å². The summed E-state index contributed by atoms with van der Waals surface area (Å²) in [6.07, 6.45) is 2.03. The Morgan fingerprint density at radius 1 is 1.06 bits per heavy atom. The van der Waals surface area contributed by atoms with E-state index in [1.165, 1.54) is 33.4 Å². The van der Waals surface area contributed by atoms with Crippen LogP contribution in [0, 0.1) is 17.8 Å². The molecular weight excluding hydrogens is 579 g/mol. The Morgan fingerprint density at radius 3 is 2.22 bits per heavy atom. The molecule has 1 aromatic rings. The second kappa shape index (κ2) is 8.36. The highest BCUT2D eigenvalue weighted by atomic mass is 79.9. The van der Waals surface area contributed by atoms with Crippen LogP contribution in [0.2, 0.25) is 0 Å². The SMILES string of the molecule is COc1cc([C@H]2C3=CC[C@@H]4C(=O)N(C)C(=O)[C@@H]4[C@@H]3C[C@@]3(Cl)C(=O)N(CBr)C(=O)[C@@]23Cl)cc(OC)c1O. The topological polar surface area (TPSA) is 113 Å².